The van der Waals surface area contributed by atoms with Crippen LogP contribution in [0.15, 0.2) is 77.7 Å². The summed E-state index contributed by atoms with van der Waals surface area (Å²) < 4.78 is 38.4. The highest BCUT2D eigenvalue weighted by molar-refractivity contribution is 7.92. The van der Waals surface area contributed by atoms with Gasteiger partial charge >= 0.3 is 0 Å². The molecule has 0 saturated carbocycles. The molecule has 3 N–H and O–H groups in total. The molecule has 0 aliphatic rings. The average molecular weight is 481 g/mol. The zero-order chi connectivity index (χ0) is 24.6. The van der Waals surface area contributed by atoms with Crippen LogP contribution < -0.4 is 25.0 Å². The molecule has 10 nitrogen and oxygen atoms in total. The Morgan fingerprint density at radius 3 is 2.41 bits per heavy atom. The summed E-state index contributed by atoms with van der Waals surface area (Å²) in [6.45, 7) is -0.385. The zero-order valence-corrected chi connectivity index (χ0v) is 18.8. The molecule has 0 atom stereocenters. The minimum Gasteiger partial charge on any atom is -0.495 e. The number of rotatable bonds is 8. The van der Waals surface area contributed by atoms with Gasteiger partial charge in [0.1, 0.15) is 11.5 Å². The molecule has 0 spiro atoms. The maximum atomic E-state index is 12.8. The van der Waals surface area contributed by atoms with Crippen LogP contribution in [0.4, 0.5) is 5.69 Å². The molecule has 34 heavy (non-hydrogen) atoms. The third kappa shape index (κ3) is 6.24. The summed E-state index contributed by atoms with van der Waals surface area (Å²) in [4.78, 5) is 24.2. The molecule has 11 heteroatoms. The number of hydrazine groups is 1. The van der Waals surface area contributed by atoms with Crippen molar-refractivity contribution in [3.05, 3.63) is 83.9 Å². The SMILES string of the molecule is COc1ccccc1NS(=O)(=O)c1cccc(C(=O)NNC(=O)COc2ccc(C#N)cc2)c1. The van der Waals surface area contributed by atoms with Gasteiger partial charge in [-0.1, -0.05) is 18.2 Å². The van der Waals surface area contributed by atoms with E-state index >= 15 is 0 Å². The maximum absolute atomic E-state index is 12.8. The Morgan fingerprint density at radius 2 is 1.71 bits per heavy atom. The van der Waals surface area contributed by atoms with Crippen LogP contribution in [0, 0.1) is 11.3 Å². The maximum Gasteiger partial charge on any atom is 0.276 e. The van der Waals surface area contributed by atoms with Crippen LogP contribution in [0.1, 0.15) is 15.9 Å². The first-order valence-electron chi connectivity index (χ1n) is 9.80. The number of benzene rings is 3. The van der Waals surface area contributed by atoms with Crippen molar-refractivity contribution in [3.8, 4) is 17.6 Å². The monoisotopic (exact) mass is 480 g/mol. The van der Waals surface area contributed by atoms with E-state index in [1.165, 1.54) is 43.5 Å². The molecule has 3 aromatic rings. The van der Waals surface area contributed by atoms with Gasteiger partial charge in [0.25, 0.3) is 21.8 Å². The largest absolute Gasteiger partial charge is 0.495 e. The highest BCUT2D eigenvalue weighted by Gasteiger charge is 2.18. The molecule has 0 aliphatic heterocycles. The number of nitriles is 1. The van der Waals surface area contributed by atoms with Gasteiger partial charge in [-0.05, 0) is 54.6 Å². The predicted molar refractivity (Wildman–Crippen MR) is 123 cm³/mol. The molecule has 174 valence electrons. The molecule has 0 fully saturated rings. The highest BCUT2D eigenvalue weighted by atomic mass is 32.2. The fourth-order valence-corrected chi connectivity index (χ4v) is 3.86. The van der Waals surface area contributed by atoms with E-state index in [0.29, 0.717) is 17.1 Å². The molecule has 3 aromatic carbocycles. The van der Waals surface area contributed by atoms with E-state index < -0.39 is 21.8 Å². The first-order valence-corrected chi connectivity index (χ1v) is 11.3. The van der Waals surface area contributed by atoms with Crippen LogP contribution in [-0.2, 0) is 14.8 Å². The van der Waals surface area contributed by atoms with Gasteiger partial charge in [-0.2, -0.15) is 5.26 Å². The number of carbonyl (C=O) groups is 2. The van der Waals surface area contributed by atoms with Crippen LogP contribution in [0.25, 0.3) is 0 Å². The molecule has 0 radical (unpaired) electrons. The zero-order valence-electron chi connectivity index (χ0n) is 17.9. The molecule has 3 rings (SSSR count). The Labute approximate surface area is 196 Å². The number of hydrogen-bond donors (Lipinski definition) is 3. The second-order valence-electron chi connectivity index (χ2n) is 6.76. The summed E-state index contributed by atoms with van der Waals surface area (Å²) in [6.07, 6.45) is 0. The predicted octanol–water partition coefficient (Wildman–Crippen LogP) is 2.21. The van der Waals surface area contributed by atoms with Gasteiger partial charge in [0.2, 0.25) is 0 Å². The summed E-state index contributed by atoms with van der Waals surface area (Å²) >= 11 is 0. The second-order valence-corrected chi connectivity index (χ2v) is 8.44. The minimum atomic E-state index is -4.02. The topological polar surface area (TPSA) is 147 Å². The first-order chi connectivity index (χ1) is 16.3. The number of hydrogen-bond acceptors (Lipinski definition) is 7. The number of nitrogens with one attached hydrogen (secondary N) is 3. The fourth-order valence-electron chi connectivity index (χ4n) is 2.75. The number of nitrogens with zero attached hydrogens (tertiary/aromatic N) is 1. The summed E-state index contributed by atoms with van der Waals surface area (Å²) in [5, 5.41) is 8.77. The van der Waals surface area contributed by atoms with Crippen molar-refractivity contribution < 1.29 is 27.5 Å². The van der Waals surface area contributed by atoms with Crippen LogP contribution in [0.2, 0.25) is 0 Å². The Balaban J connectivity index is 1.59. The molecule has 0 aromatic heterocycles. The van der Waals surface area contributed by atoms with Crippen molar-refractivity contribution in [2.45, 2.75) is 4.90 Å². The molecule has 2 amide bonds. The van der Waals surface area contributed by atoms with Crippen LogP contribution in [-0.4, -0.2) is 33.9 Å². The Kier molecular flexibility index (Phi) is 7.68. The molecule has 0 heterocycles. The lowest BCUT2D eigenvalue weighted by atomic mass is 10.2. The van der Waals surface area contributed by atoms with Gasteiger partial charge in [0.05, 0.1) is 29.3 Å². The Morgan fingerprint density at radius 1 is 0.971 bits per heavy atom. The summed E-state index contributed by atoms with van der Waals surface area (Å²) in [5.41, 5.74) is 5.10. The fraction of sp³-hybridized carbons (Fsp3) is 0.0870. The van der Waals surface area contributed by atoms with E-state index in [9.17, 15) is 18.0 Å². The van der Waals surface area contributed by atoms with E-state index in [-0.39, 0.29) is 22.8 Å². The third-order valence-corrected chi connectivity index (χ3v) is 5.79. The Bertz CT molecular complexity index is 1330. The smallest absolute Gasteiger partial charge is 0.276 e. The van der Waals surface area contributed by atoms with Crippen molar-refractivity contribution in [1.29, 1.82) is 5.26 Å². The lowest BCUT2D eigenvalue weighted by molar-refractivity contribution is -0.123. The minimum absolute atomic E-state index is 0.0104. The number of anilines is 1. The summed E-state index contributed by atoms with van der Waals surface area (Å²) in [6, 6.07) is 19.9. The number of amides is 2. The standard InChI is InChI=1S/C23H20N4O6S/c1-32-21-8-3-2-7-20(21)27-34(30,31)19-6-4-5-17(13-19)23(29)26-25-22(28)15-33-18-11-9-16(14-24)10-12-18/h2-13,27H,15H2,1H3,(H,25,28)(H,26,29). The van der Waals surface area contributed by atoms with Crippen molar-refractivity contribution in [2.75, 3.05) is 18.4 Å². The van der Waals surface area contributed by atoms with Gasteiger partial charge in [-0.15, -0.1) is 0 Å². The van der Waals surface area contributed by atoms with Gasteiger partial charge in [-0.25, -0.2) is 8.42 Å². The molecular formula is C23H20N4O6S. The number of para-hydroxylation sites is 2. The van der Waals surface area contributed by atoms with Crippen molar-refractivity contribution in [1.82, 2.24) is 10.9 Å². The van der Waals surface area contributed by atoms with Crippen molar-refractivity contribution in [2.24, 2.45) is 0 Å². The van der Waals surface area contributed by atoms with E-state index in [1.54, 1.807) is 36.4 Å². The average Bonchev–Trinajstić information content (AvgIpc) is 2.86. The summed E-state index contributed by atoms with van der Waals surface area (Å²) in [7, 11) is -2.60. The van der Waals surface area contributed by atoms with Crippen LogP contribution >= 0.6 is 0 Å². The van der Waals surface area contributed by atoms with Crippen LogP contribution in [0.3, 0.4) is 0 Å². The lowest BCUT2D eigenvalue weighted by Crippen LogP contribution is -2.43. The van der Waals surface area contributed by atoms with E-state index in [0.717, 1.165) is 0 Å². The number of ether oxygens (including phenoxy) is 2. The molecule has 0 unspecified atom stereocenters. The molecular weight excluding hydrogens is 460 g/mol. The first kappa shape index (κ1) is 24.1. The van der Waals surface area contributed by atoms with Gasteiger partial charge in [0.15, 0.2) is 6.61 Å². The highest BCUT2D eigenvalue weighted by Crippen LogP contribution is 2.26. The second kappa shape index (κ2) is 10.8. The van der Waals surface area contributed by atoms with E-state index in [4.69, 9.17) is 14.7 Å². The molecule has 0 bridgehead atoms. The van der Waals surface area contributed by atoms with Gasteiger partial charge in [0, 0.05) is 5.56 Å². The number of methoxy groups -OCH3 is 1. The molecule has 0 aliphatic carbocycles. The van der Waals surface area contributed by atoms with Gasteiger partial charge < -0.3 is 9.47 Å². The van der Waals surface area contributed by atoms with Crippen molar-refractivity contribution in [3.63, 3.8) is 0 Å². The van der Waals surface area contributed by atoms with Gasteiger partial charge in [-0.3, -0.25) is 25.2 Å². The normalized spacial score (nSPS) is 10.5. The van der Waals surface area contributed by atoms with E-state index in [1.807, 2.05) is 6.07 Å². The van der Waals surface area contributed by atoms with Crippen LogP contribution in [0.5, 0.6) is 11.5 Å². The van der Waals surface area contributed by atoms with Crippen molar-refractivity contribution >= 4 is 27.5 Å². The Hall–Kier alpha value is -4.56. The van der Waals surface area contributed by atoms with E-state index in [2.05, 4.69) is 15.6 Å². The summed E-state index contributed by atoms with van der Waals surface area (Å²) in [5.74, 6) is -0.646. The quantitative estimate of drug-likeness (QED) is 0.419. The lowest BCUT2D eigenvalue weighted by Gasteiger charge is -2.12. The number of sulfonamides is 1. The number of carbonyl (C=O) groups excluding carboxylic acids is 2. The third-order valence-electron chi connectivity index (χ3n) is 4.43. The molecule has 0 saturated heterocycles.